The third kappa shape index (κ3) is 3.22. The van der Waals surface area contributed by atoms with E-state index in [0.717, 1.165) is 31.6 Å². The van der Waals surface area contributed by atoms with Gasteiger partial charge >= 0.3 is 0 Å². The molecule has 1 N–H and O–H groups in total. The molecule has 4 heteroatoms. The Kier molecular flexibility index (Phi) is 4.64. The summed E-state index contributed by atoms with van der Waals surface area (Å²) in [5.41, 5.74) is 0. The van der Waals surface area contributed by atoms with Gasteiger partial charge in [0, 0.05) is 6.26 Å². The predicted molar refractivity (Wildman–Crippen MR) is 70.7 cm³/mol. The summed E-state index contributed by atoms with van der Waals surface area (Å²) in [5.74, 6) is 0.905. The first-order chi connectivity index (χ1) is 7.70. The Morgan fingerprint density at radius 1 is 1.24 bits per heavy atom. The van der Waals surface area contributed by atoms with E-state index in [4.69, 9.17) is 0 Å². The van der Waals surface area contributed by atoms with E-state index in [2.05, 4.69) is 6.92 Å². The van der Waals surface area contributed by atoms with Crippen LogP contribution in [0.4, 0.5) is 0 Å². The maximum absolute atomic E-state index is 11.7. The maximum Gasteiger partial charge on any atom is 0.155 e. The van der Waals surface area contributed by atoms with E-state index in [0.29, 0.717) is 0 Å². The zero-order valence-corrected chi connectivity index (χ0v) is 12.3. The summed E-state index contributed by atoms with van der Waals surface area (Å²) in [6.45, 7) is 5.47. The minimum absolute atomic E-state index is 0.141. The van der Waals surface area contributed by atoms with Crippen molar-refractivity contribution in [2.24, 2.45) is 11.8 Å². The van der Waals surface area contributed by atoms with Gasteiger partial charge in [0.05, 0.1) is 10.9 Å². The average molecular weight is 262 g/mol. The van der Waals surface area contributed by atoms with Crippen LogP contribution in [0.5, 0.6) is 0 Å². The molecule has 1 saturated carbocycles. The van der Waals surface area contributed by atoms with Crippen molar-refractivity contribution in [1.29, 1.82) is 0 Å². The lowest BCUT2D eigenvalue weighted by atomic mass is 9.76. The second-order valence-corrected chi connectivity index (χ2v) is 8.61. The van der Waals surface area contributed by atoms with Gasteiger partial charge in [-0.25, -0.2) is 8.42 Å². The van der Waals surface area contributed by atoms with E-state index in [1.54, 1.807) is 13.8 Å². The summed E-state index contributed by atoms with van der Waals surface area (Å²) in [5, 5.41) is 10.3. The van der Waals surface area contributed by atoms with E-state index in [1.165, 1.54) is 12.7 Å². The molecule has 0 aromatic carbocycles. The molecule has 0 amide bonds. The zero-order valence-electron chi connectivity index (χ0n) is 11.4. The van der Waals surface area contributed by atoms with Crippen LogP contribution in [0.15, 0.2) is 0 Å². The lowest BCUT2D eigenvalue weighted by molar-refractivity contribution is 0.0476. The van der Waals surface area contributed by atoms with Crippen LogP contribution in [-0.4, -0.2) is 30.6 Å². The lowest BCUT2D eigenvalue weighted by Crippen LogP contribution is -2.48. The Labute approximate surface area is 106 Å². The first-order valence-electron chi connectivity index (χ1n) is 6.57. The normalized spacial score (nSPS) is 29.0. The predicted octanol–water partition coefficient (Wildman–Crippen LogP) is 2.39. The fourth-order valence-corrected chi connectivity index (χ4v) is 3.33. The van der Waals surface area contributed by atoms with Gasteiger partial charge in [-0.05, 0) is 38.5 Å². The van der Waals surface area contributed by atoms with Gasteiger partial charge in [0.15, 0.2) is 9.84 Å². The van der Waals surface area contributed by atoms with Gasteiger partial charge in [0.25, 0.3) is 0 Å². The molecule has 3 nitrogen and oxygen atoms in total. The monoisotopic (exact) mass is 262 g/mol. The van der Waals surface area contributed by atoms with Crippen molar-refractivity contribution in [3.63, 3.8) is 0 Å². The standard InChI is InChI=1S/C13H26O3S/c1-5-10-6-8-11(9-7-10)12(14)13(2,3)17(4,15)16/h10-12,14H,5-9H2,1-4H3. The Morgan fingerprint density at radius 3 is 2.06 bits per heavy atom. The van der Waals surface area contributed by atoms with Gasteiger partial charge in [-0.15, -0.1) is 0 Å². The molecule has 0 aromatic rings. The van der Waals surface area contributed by atoms with Crippen LogP contribution in [0.25, 0.3) is 0 Å². The first-order valence-corrected chi connectivity index (χ1v) is 8.47. The Balaban J connectivity index is 2.69. The molecule has 0 heterocycles. The molecular formula is C13H26O3S. The number of aliphatic hydroxyl groups is 1. The largest absolute Gasteiger partial charge is 0.391 e. The van der Waals surface area contributed by atoms with Crippen LogP contribution >= 0.6 is 0 Å². The number of aliphatic hydroxyl groups excluding tert-OH is 1. The molecule has 102 valence electrons. The highest BCUT2D eigenvalue weighted by molar-refractivity contribution is 7.92. The molecule has 0 saturated heterocycles. The summed E-state index contributed by atoms with van der Waals surface area (Å²) in [7, 11) is -3.22. The summed E-state index contributed by atoms with van der Waals surface area (Å²) < 4.78 is 22.4. The Morgan fingerprint density at radius 2 is 1.71 bits per heavy atom. The number of hydrogen-bond donors (Lipinski definition) is 1. The minimum atomic E-state index is -3.22. The van der Waals surface area contributed by atoms with Crippen molar-refractivity contribution in [2.75, 3.05) is 6.26 Å². The molecule has 0 aromatic heterocycles. The molecule has 1 aliphatic rings. The molecule has 17 heavy (non-hydrogen) atoms. The molecule has 1 unspecified atom stereocenters. The fraction of sp³-hybridized carbons (Fsp3) is 1.00. The highest BCUT2D eigenvalue weighted by atomic mass is 32.2. The van der Waals surface area contributed by atoms with E-state index < -0.39 is 20.7 Å². The maximum atomic E-state index is 11.7. The average Bonchev–Trinajstić information content (AvgIpc) is 2.26. The summed E-state index contributed by atoms with van der Waals surface area (Å²) >= 11 is 0. The molecular weight excluding hydrogens is 236 g/mol. The molecule has 0 aliphatic heterocycles. The zero-order chi connectivity index (χ0) is 13.3. The van der Waals surface area contributed by atoms with Crippen molar-refractivity contribution in [2.45, 2.75) is 63.7 Å². The highest BCUT2D eigenvalue weighted by Crippen LogP contribution is 2.37. The first kappa shape index (κ1) is 15.0. The number of sulfone groups is 1. The van der Waals surface area contributed by atoms with Crippen molar-refractivity contribution in [3.05, 3.63) is 0 Å². The van der Waals surface area contributed by atoms with Crippen LogP contribution in [0, 0.1) is 11.8 Å². The van der Waals surface area contributed by atoms with Gasteiger partial charge in [-0.1, -0.05) is 26.2 Å². The van der Waals surface area contributed by atoms with Gasteiger partial charge in [0.2, 0.25) is 0 Å². The number of rotatable bonds is 4. The summed E-state index contributed by atoms with van der Waals surface area (Å²) in [6.07, 6.45) is 5.83. The third-order valence-corrected chi connectivity index (χ3v) is 6.74. The second-order valence-electron chi connectivity index (χ2n) is 6.01. The molecule has 1 atom stereocenters. The van der Waals surface area contributed by atoms with Crippen LogP contribution in [0.2, 0.25) is 0 Å². The molecule has 0 radical (unpaired) electrons. The van der Waals surface area contributed by atoms with Crippen LogP contribution in [0.1, 0.15) is 52.9 Å². The van der Waals surface area contributed by atoms with Crippen LogP contribution in [0.3, 0.4) is 0 Å². The lowest BCUT2D eigenvalue weighted by Gasteiger charge is -2.38. The van der Waals surface area contributed by atoms with E-state index in [9.17, 15) is 13.5 Å². The summed E-state index contributed by atoms with van der Waals surface area (Å²) in [4.78, 5) is 0. The van der Waals surface area contributed by atoms with E-state index in [1.807, 2.05) is 0 Å². The van der Waals surface area contributed by atoms with Crippen LogP contribution < -0.4 is 0 Å². The second kappa shape index (κ2) is 5.27. The topological polar surface area (TPSA) is 54.4 Å². The molecule has 1 aliphatic carbocycles. The Bertz CT molecular complexity index is 338. The smallest absolute Gasteiger partial charge is 0.155 e. The molecule has 1 rings (SSSR count). The van der Waals surface area contributed by atoms with Crippen molar-refractivity contribution in [3.8, 4) is 0 Å². The van der Waals surface area contributed by atoms with Gasteiger partial charge in [-0.2, -0.15) is 0 Å². The van der Waals surface area contributed by atoms with E-state index >= 15 is 0 Å². The van der Waals surface area contributed by atoms with Crippen molar-refractivity contribution in [1.82, 2.24) is 0 Å². The Hall–Kier alpha value is -0.0900. The summed E-state index contributed by atoms with van der Waals surface area (Å²) in [6, 6.07) is 0. The SMILES string of the molecule is CCC1CCC(C(O)C(C)(C)S(C)(=O)=O)CC1. The minimum Gasteiger partial charge on any atom is -0.391 e. The van der Waals surface area contributed by atoms with Gasteiger partial charge in [-0.3, -0.25) is 0 Å². The molecule has 1 fully saturated rings. The third-order valence-electron chi connectivity index (χ3n) is 4.58. The van der Waals surface area contributed by atoms with Crippen molar-refractivity contribution >= 4 is 9.84 Å². The molecule has 0 spiro atoms. The molecule has 0 bridgehead atoms. The van der Waals surface area contributed by atoms with E-state index in [-0.39, 0.29) is 5.92 Å². The fourth-order valence-electron chi connectivity index (χ4n) is 2.70. The van der Waals surface area contributed by atoms with Crippen LogP contribution in [-0.2, 0) is 9.84 Å². The van der Waals surface area contributed by atoms with Crippen molar-refractivity contribution < 1.29 is 13.5 Å². The highest BCUT2D eigenvalue weighted by Gasteiger charge is 2.42. The number of hydrogen-bond acceptors (Lipinski definition) is 3. The van der Waals surface area contributed by atoms with Gasteiger partial charge < -0.3 is 5.11 Å². The van der Waals surface area contributed by atoms with Gasteiger partial charge in [0.1, 0.15) is 0 Å². The quantitative estimate of drug-likeness (QED) is 0.846.